The van der Waals surface area contributed by atoms with Crippen LogP contribution in [0.1, 0.15) is 57.4 Å². The molecule has 7 nitrogen and oxygen atoms in total. The van der Waals surface area contributed by atoms with Crippen LogP contribution in [-0.2, 0) is 9.59 Å². The molecule has 3 saturated heterocycles. The van der Waals surface area contributed by atoms with Crippen molar-refractivity contribution in [1.29, 1.82) is 0 Å². The quantitative estimate of drug-likeness (QED) is 0.691. The van der Waals surface area contributed by atoms with Gasteiger partial charge in [-0.3, -0.25) is 14.5 Å². The number of nitrogens with zero attached hydrogens (tertiary/aromatic N) is 3. The fourth-order valence-electron chi connectivity index (χ4n) is 5.41. The van der Waals surface area contributed by atoms with Crippen LogP contribution in [0.15, 0.2) is 30.3 Å². The number of carbonyl (C=O) groups excluding carboxylic acids is 3. The average molecular weight is 441 g/mol. The zero-order valence-electron chi connectivity index (χ0n) is 19.4. The summed E-state index contributed by atoms with van der Waals surface area (Å²) in [5.41, 5.74) is 0.331. The minimum Gasteiger partial charge on any atom is -0.342 e. The van der Waals surface area contributed by atoms with Crippen LogP contribution < -0.4 is 5.32 Å². The van der Waals surface area contributed by atoms with Crippen LogP contribution in [0.3, 0.4) is 0 Å². The SMILES string of the molecule is CCCN1CCC2(CC1)NC(=O)N(CC1CCN(C(=O)[C@@H](C)c3ccccc3)CC1)C2=O. The molecular formula is C25H36N4O3. The standard InChI is InChI=1S/C25H36N4O3/c1-3-13-27-16-11-25(12-17-27)23(31)29(24(32)26-25)18-20-9-14-28(15-10-20)22(30)19(2)21-7-5-4-6-8-21/h4-8,19-20H,3,9-18H2,1-2H3,(H,26,32)/t19-/m0/s1. The van der Waals surface area contributed by atoms with E-state index in [0.717, 1.165) is 44.5 Å². The molecule has 1 N–H and O–H groups in total. The molecular weight excluding hydrogens is 404 g/mol. The van der Waals surface area contributed by atoms with Gasteiger partial charge in [-0.1, -0.05) is 37.3 Å². The molecule has 0 saturated carbocycles. The second kappa shape index (κ2) is 9.61. The summed E-state index contributed by atoms with van der Waals surface area (Å²) in [6, 6.07) is 9.63. The molecule has 4 rings (SSSR count). The molecule has 32 heavy (non-hydrogen) atoms. The molecule has 1 atom stereocenters. The molecule has 0 aromatic heterocycles. The summed E-state index contributed by atoms with van der Waals surface area (Å²) in [7, 11) is 0. The molecule has 0 bridgehead atoms. The Labute approximate surface area is 191 Å². The summed E-state index contributed by atoms with van der Waals surface area (Å²) < 4.78 is 0. The van der Waals surface area contributed by atoms with E-state index < -0.39 is 5.54 Å². The van der Waals surface area contributed by atoms with Gasteiger partial charge in [-0.2, -0.15) is 0 Å². The molecule has 1 aromatic carbocycles. The van der Waals surface area contributed by atoms with Gasteiger partial charge in [-0.15, -0.1) is 0 Å². The average Bonchev–Trinajstić information content (AvgIpc) is 3.05. The maximum absolute atomic E-state index is 13.2. The van der Waals surface area contributed by atoms with E-state index in [2.05, 4.69) is 17.1 Å². The van der Waals surface area contributed by atoms with E-state index in [4.69, 9.17) is 0 Å². The van der Waals surface area contributed by atoms with Crippen LogP contribution in [-0.4, -0.2) is 77.4 Å². The van der Waals surface area contributed by atoms with Crippen molar-refractivity contribution in [3.05, 3.63) is 35.9 Å². The van der Waals surface area contributed by atoms with Crippen LogP contribution in [0.2, 0.25) is 0 Å². The van der Waals surface area contributed by atoms with Crippen molar-refractivity contribution < 1.29 is 14.4 Å². The number of nitrogens with one attached hydrogen (secondary N) is 1. The molecule has 0 unspecified atom stereocenters. The molecule has 3 aliphatic rings. The number of benzene rings is 1. The van der Waals surface area contributed by atoms with Crippen molar-refractivity contribution in [3.63, 3.8) is 0 Å². The third-order valence-electron chi connectivity index (χ3n) is 7.53. The number of piperidine rings is 2. The van der Waals surface area contributed by atoms with Crippen LogP contribution in [0.25, 0.3) is 0 Å². The van der Waals surface area contributed by atoms with Gasteiger partial charge >= 0.3 is 6.03 Å². The van der Waals surface area contributed by atoms with E-state index in [-0.39, 0.29) is 29.7 Å². The van der Waals surface area contributed by atoms with Crippen LogP contribution in [0.4, 0.5) is 4.79 Å². The summed E-state index contributed by atoms with van der Waals surface area (Å²) >= 11 is 0. The highest BCUT2D eigenvalue weighted by Crippen LogP contribution is 2.31. The Morgan fingerprint density at radius 3 is 2.38 bits per heavy atom. The Morgan fingerprint density at radius 2 is 1.75 bits per heavy atom. The van der Waals surface area contributed by atoms with E-state index in [0.29, 0.717) is 32.5 Å². The molecule has 7 heteroatoms. The van der Waals surface area contributed by atoms with E-state index in [1.54, 1.807) is 0 Å². The Kier molecular flexibility index (Phi) is 6.84. The van der Waals surface area contributed by atoms with Crippen LogP contribution in [0, 0.1) is 5.92 Å². The van der Waals surface area contributed by atoms with Crippen molar-refractivity contribution in [2.75, 3.05) is 39.3 Å². The third-order valence-corrected chi connectivity index (χ3v) is 7.53. The van der Waals surface area contributed by atoms with Gasteiger partial charge in [0.25, 0.3) is 5.91 Å². The predicted octanol–water partition coefficient (Wildman–Crippen LogP) is 2.83. The minimum atomic E-state index is -0.705. The van der Waals surface area contributed by atoms with Crippen molar-refractivity contribution in [2.24, 2.45) is 5.92 Å². The lowest BCUT2D eigenvalue weighted by molar-refractivity contribution is -0.136. The largest absolute Gasteiger partial charge is 0.342 e. The maximum Gasteiger partial charge on any atom is 0.325 e. The Morgan fingerprint density at radius 1 is 1.09 bits per heavy atom. The molecule has 1 spiro atoms. The summed E-state index contributed by atoms with van der Waals surface area (Å²) in [6.45, 7) is 8.70. The number of amides is 4. The first kappa shape index (κ1) is 22.8. The number of hydrogen-bond acceptors (Lipinski definition) is 4. The molecule has 3 aliphatic heterocycles. The summed E-state index contributed by atoms with van der Waals surface area (Å²) in [6.07, 6.45) is 4.13. The number of hydrogen-bond donors (Lipinski definition) is 1. The van der Waals surface area contributed by atoms with Gasteiger partial charge in [0.2, 0.25) is 5.91 Å². The highest BCUT2D eigenvalue weighted by molar-refractivity contribution is 6.07. The molecule has 4 amide bonds. The van der Waals surface area contributed by atoms with Gasteiger partial charge < -0.3 is 15.1 Å². The fraction of sp³-hybridized carbons (Fsp3) is 0.640. The van der Waals surface area contributed by atoms with E-state index >= 15 is 0 Å². The second-order valence-electron chi connectivity index (χ2n) is 9.67. The number of rotatable bonds is 6. The first-order valence-corrected chi connectivity index (χ1v) is 12.1. The summed E-state index contributed by atoms with van der Waals surface area (Å²) in [5.74, 6) is 0.200. The smallest absolute Gasteiger partial charge is 0.325 e. The molecule has 1 aromatic rings. The lowest BCUT2D eigenvalue weighted by atomic mass is 9.87. The van der Waals surface area contributed by atoms with Gasteiger partial charge in [-0.05, 0) is 57.1 Å². The first-order chi connectivity index (χ1) is 15.4. The molecule has 174 valence electrons. The molecule has 3 fully saturated rings. The zero-order chi connectivity index (χ0) is 22.7. The molecule has 0 radical (unpaired) electrons. The Hall–Kier alpha value is -2.41. The number of carbonyl (C=O) groups is 3. The topological polar surface area (TPSA) is 73.0 Å². The lowest BCUT2D eigenvalue weighted by Gasteiger charge is -2.37. The highest BCUT2D eigenvalue weighted by Gasteiger charge is 2.52. The summed E-state index contributed by atoms with van der Waals surface area (Å²) in [4.78, 5) is 44.6. The van der Waals surface area contributed by atoms with E-state index in [1.807, 2.05) is 42.2 Å². The molecule has 3 heterocycles. The fourth-order valence-corrected chi connectivity index (χ4v) is 5.41. The Bertz CT molecular complexity index is 827. The second-order valence-corrected chi connectivity index (χ2v) is 9.67. The lowest BCUT2D eigenvalue weighted by Crippen LogP contribution is -2.55. The van der Waals surface area contributed by atoms with Crippen molar-refractivity contribution in [2.45, 2.75) is 57.4 Å². The first-order valence-electron chi connectivity index (χ1n) is 12.1. The maximum atomic E-state index is 13.2. The van der Waals surface area contributed by atoms with Gasteiger partial charge in [0.15, 0.2) is 0 Å². The normalized spacial score (nSPS) is 22.9. The highest BCUT2D eigenvalue weighted by atomic mass is 16.2. The van der Waals surface area contributed by atoms with E-state index in [1.165, 1.54) is 4.90 Å². The summed E-state index contributed by atoms with van der Waals surface area (Å²) in [5, 5.41) is 3.03. The van der Waals surface area contributed by atoms with Crippen molar-refractivity contribution in [1.82, 2.24) is 20.0 Å². The van der Waals surface area contributed by atoms with Crippen LogP contribution in [0.5, 0.6) is 0 Å². The van der Waals surface area contributed by atoms with Gasteiger partial charge in [-0.25, -0.2) is 4.79 Å². The van der Waals surface area contributed by atoms with Gasteiger partial charge in [0, 0.05) is 32.7 Å². The van der Waals surface area contributed by atoms with Gasteiger partial charge in [0.05, 0.1) is 5.92 Å². The van der Waals surface area contributed by atoms with Gasteiger partial charge in [0.1, 0.15) is 5.54 Å². The van der Waals surface area contributed by atoms with E-state index in [9.17, 15) is 14.4 Å². The van der Waals surface area contributed by atoms with Crippen molar-refractivity contribution in [3.8, 4) is 0 Å². The number of urea groups is 1. The van der Waals surface area contributed by atoms with Crippen molar-refractivity contribution >= 4 is 17.8 Å². The monoisotopic (exact) mass is 440 g/mol. The number of imide groups is 1. The Balaban J connectivity index is 1.29. The molecule has 0 aliphatic carbocycles. The minimum absolute atomic E-state index is 0.0464. The third kappa shape index (κ3) is 4.53. The number of likely N-dealkylation sites (tertiary alicyclic amines) is 2. The zero-order valence-corrected chi connectivity index (χ0v) is 19.4. The predicted molar refractivity (Wildman–Crippen MR) is 123 cm³/mol. The van der Waals surface area contributed by atoms with Crippen LogP contribution >= 0.6 is 0 Å².